The van der Waals surface area contributed by atoms with Crippen LogP contribution in [0.2, 0.25) is 5.02 Å². The lowest BCUT2D eigenvalue weighted by atomic mass is 10.0. The van der Waals surface area contributed by atoms with Crippen molar-refractivity contribution in [3.8, 4) is 11.3 Å². The Balaban J connectivity index is 2.73. The van der Waals surface area contributed by atoms with Crippen molar-refractivity contribution >= 4 is 17.6 Å². The molecule has 0 radical (unpaired) electrons. The Morgan fingerprint density at radius 1 is 1.40 bits per heavy atom. The van der Waals surface area contributed by atoms with Crippen molar-refractivity contribution in [2.24, 2.45) is 7.05 Å². The van der Waals surface area contributed by atoms with Crippen molar-refractivity contribution in [2.45, 2.75) is 6.18 Å². The van der Waals surface area contributed by atoms with Gasteiger partial charge in [0.1, 0.15) is 0 Å². The molecule has 0 aliphatic heterocycles. The highest BCUT2D eigenvalue weighted by atomic mass is 35.5. The van der Waals surface area contributed by atoms with Crippen LogP contribution in [0.1, 0.15) is 16.1 Å². The molecule has 1 heterocycles. The summed E-state index contributed by atoms with van der Waals surface area (Å²) >= 11 is 5.84. The maximum absolute atomic E-state index is 13.0. The fourth-order valence-electron chi connectivity index (χ4n) is 1.83. The SMILES string of the molecule is Cn1nc(C(=O)O)cc1-c1c(Cl)cccc1C(F)(F)F. The van der Waals surface area contributed by atoms with E-state index in [1.54, 1.807) is 0 Å². The largest absolute Gasteiger partial charge is 0.476 e. The number of halogens is 4. The van der Waals surface area contributed by atoms with Gasteiger partial charge in [0.15, 0.2) is 5.69 Å². The average Bonchev–Trinajstić information content (AvgIpc) is 2.70. The lowest BCUT2D eigenvalue weighted by Gasteiger charge is -2.14. The first-order valence-corrected chi connectivity index (χ1v) is 5.73. The van der Waals surface area contributed by atoms with E-state index < -0.39 is 17.7 Å². The fraction of sp³-hybridized carbons (Fsp3) is 0.167. The number of carboxylic acids is 1. The van der Waals surface area contributed by atoms with Crippen LogP contribution in [-0.2, 0) is 13.2 Å². The van der Waals surface area contributed by atoms with Crippen molar-refractivity contribution in [2.75, 3.05) is 0 Å². The highest BCUT2D eigenvalue weighted by Gasteiger charge is 2.35. The van der Waals surface area contributed by atoms with Gasteiger partial charge in [-0.05, 0) is 18.2 Å². The number of rotatable bonds is 2. The van der Waals surface area contributed by atoms with Gasteiger partial charge in [0, 0.05) is 12.6 Å². The number of benzene rings is 1. The van der Waals surface area contributed by atoms with E-state index in [1.807, 2.05) is 0 Å². The highest BCUT2D eigenvalue weighted by Crippen LogP contribution is 2.40. The number of aromatic nitrogens is 2. The van der Waals surface area contributed by atoms with Crippen molar-refractivity contribution < 1.29 is 23.1 Å². The summed E-state index contributed by atoms with van der Waals surface area (Å²) in [6, 6.07) is 4.43. The summed E-state index contributed by atoms with van der Waals surface area (Å²) in [6.45, 7) is 0. The number of aryl methyl sites for hydroxylation is 1. The van der Waals surface area contributed by atoms with Crippen LogP contribution in [0.5, 0.6) is 0 Å². The zero-order chi connectivity index (χ0) is 15.1. The molecule has 1 N–H and O–H groups in total. The first kappa shape index (κ1) is 14.4. The lowest BCUT2D eigenvalue weighted by molar-refractivity contribution is -0.137. The minimum Gasteiger partial charge on any atom is -0.476 e. The van der Waals surface area contributed by atoms with Gasteiger partial charge in [-0.2, -0.15) is 18.3 Å². The zero-order valence-electron chi connectivity index (χ0n) is 10.1. The van der Waals surface area contributed by atoms with Gasteiger partial charge in [0.05, 0.1) is 16.3 Å². The quantitative estimate of drug-likeness (QED) is 0.924. The van der Waals surface area contributed by atoms with Gasteiger partial charge in [-0.1, -0.05) is 17.7 Å². The average molecular weight is 305 g/mol. The summed E-state index contributed by atoms with van der Waals surface area (Å²) in [7, 11) is 1.35. The minimum absolute atomic E-state index is 0.0136. The van der Waals surface area contributed by atoms with Crippen LogP contribution in [-0.4, -0.2) is 20.9 Å². The molecule has 1 aromatic carbocycles. The van der Waals surface area contributed by atoms with Crippen molar-refractivity contribution in [3.05, 3.63) is 40.5 Å². The van der Waals surface area contributed by atoms with Crippen LogP contribution in [0.15, 0.2) is 24.3 Å². The predicted molar refractivity (Wildman–Crippen MR) is 65.6 cm³/mol. The number of hydrogen-bond donors (Lipinski definition) is 1. The molecular formula is C12H8ClF3N2O2. The maximum Gasteiger partial charge on any atom is 0.417 e. The van der Waals surface area contributed by atoms with E-state index in [1.165, 1.54) is 19.2 Å². The van der Waals surface area contributed by atoms with E-state index >= 15 is 0 Å². The minimum atomic E-state index is -4.60. The molecule has 8 heteroatoms. The molecule has 0 saturated carbocycles. The molecule has 2 aromatic rings. The van der Waals surface area contributed by atoms with E-state index in [2.05, 4.69) is 5.10 Å². The van der Waals surface area contributed by atoms with Gasteiger partial charge in [-0.15, -0.1) is 0 Å². The Hall–Kier alpha value is -2.02. The predicted octanol–water partition coefficient (Wildman–Crippen LogP) is 3.46. The summed E-state index contributed by atoms with van der Waals surface area (Å²) in [5, 5.41) is 12.4. The summed E-state index contributed by atoms with van der Waals surface area (Å²) in [5.74, 6) is -1.33. The van der Waals surface area contributed by atoms with Crippen LogP contribution in [0.4, 0.5) is 13.2 Å². The second kappa shape index (κ2) is 4.82. The summed E-state index contributed by atoms with van der Waals surface area (Å²) in [6.07, 6.45) is -4.60. The Labute approximate surface area is 116 Å². The fourth-order valence-corrected chi connectivity index (χ4v) is 2.10. The third-order valence-corrected chi connectivity index (χ3v) is 2.99. The van der Waals surface area contributed by atoms with Crippen LogP contribution in [0.25, 0.3) is 11.3 Å². The normalized spacial score (nSPS) is 11.7. The summed E-state index contributed by atoms with van der Waals surface area (Å²) in [5.41, 5.74) is -1.59. The molecule has 1 aromatic heterocycles. The lowest BCUT2D eigenvalue weighted by Crippen LogP contribution is -2.08. The number of hydrogen-bond acceptors (Lipinski definition) is 2. The first-order chi connectivity index (χ1) is 9.21. The molecule has 0 fully saturated rings. The zero-order valence-corrected chi connectivity index (χ0v) is 10.8. The van der Waals surface area contributed by atoms with Gasteiger partial charge in [0.25, 0.3) is 0 Å². The second-order valence-electron chi connectivity index (χ2n) is 4.00. The van der Waals surface area contributed by atoms with Crippen LogP contribution >= 0.6 is 11.6 Å². The van der Waals surface area contributed by atoms with E-state index in [-0.39, 0.29) is 22.0 Å². The molecule has 4 nitrogen and oxygen atoms in total. The number of alkyl halides is 3. The van der Waals surface area contributed by atoms with Crippen molar-refractivity contribution in [3.63, 3.8) is 0 Å². The van der Waals surface area contributed by atoms with Crippen LogP contribution in [0, 0.1) is 0 Å². The molecule has 0 spiro atoms. The molecule has 0 atom stereocenters. The van der Waals surface area contributed by atoms with Crippen LogP contribution < -0.4 is 0 Å². The van der Waals surface area contributed by atoms with Crippen molar-refractivity contribution in [1.29, 1.82) is 0 Å². The second-order valence-corrected chi connectivity index (χ2v) is 4.41. The van der Waals surface area contributed by atoms with Gasteiger partial charge >= 0.3 is 12.1 Å². The molecular weight excluding hydrogens is 297 g/mol. The van der Waals surface area contributed by atoms with E-state index in [9.17, 15) is 18.0 Å². The molecule has 106 valence electrons. The maximum atomic E-state index is 13.0. The smallest absolute Gasteiger partial charge is 0.417 e. The number of nitrogens with zero attached hydrogens (tertiary/aromatic N) is 2. The topological polar surface area (TPSA) is 55.1 Å². The summed E-state index contributed by atoms with van der Waals surface area (Å²) < 4.78 is 40.1. The molecule has 20 heavy (non-hydrogen) atoms. The number of carbonyl (C=O) groups is 1. The standard InChI is InChI=1S/C12H8ClF3N2O2/c1-18-9(5-8(17-18)11(19)20)10-6(12(14,15)16)3-2-4-7(10)13/h2-5H,1H3,(H,19,20). The molecule has 0 amide bonds. The summed E-state index contributed by atoms with van der Waals surface area (Å²) in [4.78, 5) is 10.8. The Bertz CT molecular complexity index is 680. The Morgan fingerprint density at radius 3 is 2.55 bits per heavy atom. The molecule has 0 unspecified atom stereocenters. The Morgan fingerprint density at radius 2 is 2.05 bits per heavy atom. The van der Waals surface area contributed by atoms with Gasteiger partial charge in [-0.25, -0.2) is 4.79 Å². The molecule has 2 rings (SSSR count). The van der Waals surface area contributed by atoms with Gasteiger partial charge in [0.2, 0.25) is 0 Å². The first-order valence-electron chi connectivity index (χ1n) is 5.35. The highest BCUT2D eigenvalue weighted by molar-refractivity contribution is 6.33. The molecule has 0 saturated heterocycles. The molecule has 0 aliphatic carbocycles. The molecule has 0 bridgehead atoms. The van der Waals surface area contributed by atoms with Gasteiger partial charge < -0.3 is 5.11 Å². The monoisotopic (exact) mass is 304 g/mol. The number of aromatic carboxylic acids is 1. The Kier molecular flexibility index (Phi) is 3.47. The van der Waals surface area contributed by atoms with E-state index in [0.29, 0.717) is 0 Å². The third-order valence-electron chi connectivity index (χ3n) is 2.67. The van der Waals surface area contributed by atoms with Crippen LogP contribution in [0.3, 0.4) is 0 Å². The van der Waals surface area contributed by atoms with Gasteiger partial charge in [-0.3, -0.25) is 4.68 Å². The number of carboxylic acid groups (broad SMARTS) is 1. The van der Waals surface area contributed by atoms with E-state index in [4.69, 9.17) is 16.7 Å². The molecule has 0 aliphatic rings. The van der Waals surface area contributed by atoms with Crippen molar-refractivity contribution in [1.82, 2.24) is 9.78 Å². The third kappa shape index (κ3) is 2.49. The van der Waals surface area contributed by atoms with E-state index in [0.717, 1.165) is 16.8 Å².